The average Bonchev–Trinajstić information content (AvgIpc) is 2.84. The fraction of sp³-hybridized carbons (Fsp3) is 0.588. The number of alkyl halides is 1. The molecule has 21 heavy (non-hydrogen) atoms. The summed E-state index contributed by atoms with van der Waals surface area (Å²) in [7, 11) is 1.68. The van der Waals surface area contributed by atoms with Crippen LogP contribution in [0.3, 0.4) is 0 Å². The molecule has 0 atom stereocenters. The molecule has 1 fully saturated rings. The van der Waals surface area contributed by atoms with E-state index in [0.717, 1.165) is 17.1 Å². The zero-order valence-corrected chi connectivity index (χ0v) is 13.8. The standard InChI is InChI=1S/C17H23ClN2O/c1-17(2)8-6-12(7-9-17)20-15-5-4-13(21-3)10-14(15)19-16(20)11-18/h4-5,10,12H,6-9,11H2,1-3H3. The highest BCUT2D eigenvalue weighted by Crippen LogP contribution is 2.42. The van der Waals surface area contributed by atoms with Crippen molar-refractivity contribution in [1.82, 2.24) is 9.55 Å². The van der Waals surface area contributed by atoms with E-state index >= 15 is 0 Å². The Morgan fingerprint density at radius 2 is 2.05 bits per heavy atom. The molecule has 114 valence electrons. The SMILES string of the molecule is COc1ccc2c(c1)nc(CCl)n2C1CCC(C)(C)CC1. The van der Waals surface area contributed by atoms with Crippen molar-refractivity contribution in [2.24, 2.45) is 5.41 Å². The Labute approximate surface area is 131 Å². The number of methoxy groups -OCH3 is 1. The van der Waals surface area contributed by atoms with Crippen LogP contribution in [0.2, 0.25) is 0 Å². The molecule has 1 saturated carbocycles. The lowest BCUT2D eigenvalue weighted by Crippen LogP contribution is -2.24. The summed E-state index contributed by atoms with van der Waals surface area (Å²) in [5.41, 5.74) is 2.63. The highest BCUT2D eigenvalue weighted by molar-refractivity contribution is 6.16. The molecule has 0 spiro atoms. The molecule has 1 aromatic heterocycles. The van der Waals surface area contributed by atoms with Gasteiger partial charge in [0.2, 0.25) is 0 Å². The molecule has 1 aliphatic carbocycles. The Bertz CT molecular complexity index is 638. The van der Waals surface area contributed by atoms with Crippen LogP contribution in [0.1, 0.15) is 51.4 Å². The number of aromatic nitrogens is 2. The van der Waals surface area contributed by atoms with Crippen LogP contribution in [0.5, 0.6) is 5.75 Å². The Balaban J connectivity index is 2.01. The lowest BCUT2D eigenvalue weighted by atomic mass is 9.75. The lowest BCUT2D eigenvalue weighted by Gasteiger charge is -2.35. The molecule has 1 aliphatic rings. The van der Waals surface area contributed by atoms with Crippen LogP contribution in [-0.2, 0) is 5.88 Å². The Morgan fingerprint density at radius 1 is 1.33 bits per heavy atom. The lowest BCUT2D eigenvalue weighted by molar-refractivity contribution is 0.194. The van der Waals surface area contributed by atoms with Gasteiger partial charge in [0, 0.05) is 12.1 Å². The van der Waals surface area contributed by atoms with Crippen molar-refractivity contribution >= 4 is 22.6 Å². The Morgan fingerprint density at radius 3 is 2.67 bits per heavy atom. The molecule has 0 radical (unpaired) electrons. The molecular formula is C17H23ClN2O. The number of rotatable bonds is 3. The van der Waals surface area contributed by atoms with Crippen molar-refractivity contribution in [3.63, 3.8) is 0 Å². The fourth-order valence-corrected chi connectivity index (χ4v) is 3.59. The van der Waals surface area contributed by atoms with Gasteiger partial charge in [0.15, 0.2) is 0 Å². The van der Waals surface area contributed by atoms with E-state index in [1.807, 2.05) is 12.1 Å². The summed E-state index contributed by atoms with van der Waals surface area (Å²) in [4.78, 5) is 4.70. The molecule has 0 N–H and O–H groups in total. The van der Waals surface area contributed by atoms with E-state index in [9.17, 15) is 0 Å². The topological polar surface area (TPSA) is 27.1 Å². The summed E-state index contributed by atoms with van der Waals surface area (Å²) in [6, 6.07) is 6.63. The minimum absolute atomic E-state index is 0.455. The minimum Gasteiger partial charge on any atom is -0.497 e. The van der Waals surface area contributed by atoms with E-state index in [2.05, 4.69) is 24.5 Å². The third kappa shape index (κ3) is 2.76. The Hall–Kier alpha value is -1.22. The molecule has 0 saturated heterocycles. The number of fused-ring (bicyclic) bond motifs is 1. The predicted molar refractivity (Wildman–Crippen MR) is 87.1 cm³/mol. The third-order valence-electron chi connectivity index (χ3n) is 4.76. The molecule has 0 bridgehead atoms. The molecule has 2 aromatic rings. The van der Waals surface area contributed by atoms with Crippen LogP contribution in [0.4, 0.5) is 0 Å². The van der Waals surface area contributed by atoms with Crippen LogP contribution in [0, 0.1) is 5.41 Å². The number of hydrogen-bond donors (Lipinski definition) is 0. The first-order valence-corrected chi connectivity index (χ1v) is 8.18. The molecule has 3 nitrogen and oxygen atoms in total. The van der Waals surface area contributed by atoms with E-state index in [-0.39, 0.29) is 0 Å². The van der Waals surface area contributed by atoms with Gasteiger partial charge in [-0.15, -0.1) is 11.6 Å². The first-order valence-electron chi connectivity index (χ1n) is 7.65. The van der Waals surface area contributed by atoms with Crippen LogP contribution < -0.4 is 4.74 Å². The summed E-state index contributed by atoms with van der Waals surface area (Å²) in [6.07, 6.45) is 4.92. The van der Waals surface area contributed by atoms with Crippen molar-refractivity contribution < 1.29 is 4.74 Å². The maximum atomic E-state index is 6.14. The van der Waals surface area contributed by atoms with Crippen LogP contribution in [0.25, 0.3) is 11.0 Å². The van der Waals surface area contributed by atoms with Gasteiger partial charge in [-0.05, 0) is 43.2 Å². The number of ether oxygens (including phenoxy) is 1. The van der Waals surface area contributed by atoms with E-state index in [4.69, 9.17) is 21.3 Å². The zero-order valence-electron chi connectivity index (χ0n) is 13.0. The van der Waals surface area contributed by atoms with E-state index in [1.54, 1.807) is 7.11 Å². The van der Waals surface area contributed by atoms with Crippen molar-refractivity contribution in [2.75, 3.05) is 7.11 Å². The van der Waals surface area contributed by atoms with Crippen LogP contribution in [-0.4, -0.2) is 16.7 Å². The van der Waals surface area contributed by atoms with Crippen LogP contribution in [0.15, 0.2) is 18.2 Å². The van der Waals surface area contributed by atoms with Crippen molar-refractivity contribution in [3.05, 3.63) is 24.0 Å². The van der Waals surface area contributed by atoms with Crippen molar-refractivity contribution in [3.8, 4) is 5.75 Å². The number of hydrogen-bond acceptors (Lipinski definition) is 2. The summed E-state index contributed by atoms with van der Waals surface area (Å²) in [6.45, 7) is 4.73. The predicted octanol–water partition coefficient (Wildman–Crippen LogP) is 4.93. The molecule has 0 aliphatic heterocycles. The number of halogens is 1. The van der Waals surface area contributed by atoms with Crippen molar-refractivity contribution in [1.29, 1.82) is 0 Å². The van der Waals surface area contributed by atoms with Gasteiger partial charge in [-0.3, -0.25) is 0 Å². The summed E-state index contributed by atoms with van der Waals surface area (Å²) in [5.74, 6) is 2.28. The van der Waals surface area contributed by atoms with Crippen LogP contribution >= 0.6 is 11.6 Å². The largest absolute Gasteiger partial charge is 0.497 e. The number of imidazole rings is 1. The normalized spacial score (nSPS) is 19.0. The zero-order chi connectivity index (χ0) is 15.0. The summed E-state index contributed by atoms with van der Waals surface area (Å²) in [5, 5.41) is 0. The van der Waals surface area contributed by atoms with Gasteiger partial charge in [0.05, 0.1) is 24.0 Å². The molecule has 1 aromatic carbocycles. The number of nitrogens with zero attached hydrogens (tertiary/aromatic N) is 2. The van der Waals surface area contributed by atoms with Gasteiger partial charge in [-0.2, -0.15) is 0 Å². The second-order valence-corrected chi connectivity index (χ2v) is 7.05. The molecule has 0 unspecified atom stereocenters. The molecule has 3 rings (SSSR count). The average molecular weight is 307 g/mol. The van der Waals surface area contributed by atoms with Gasteiger partial charge < -0.3 is 9.30 Å². The molecule has 1 heterocycles. The molecule has 0 amide bonds. The smallest absolute Gasteiger partial charge is 0.125 e. The van der Waals surface area contributed by atoms with Gasteiger partial charge >= 0.3 is 0 Å². The first-order chi connectivity index (χ1) is 10.0. The van der Waals surface area contributed by atoms with Gasteiger partial charge in [0.25, 0.3) is 0 Å². The van der Waals surface area contributed by atoms with E-state index < -0.39 is 0 Å². The van der Waals surface area contributed by atoms with E-state index in [0.29, 0.717) is 17.3 Å². The second kappa shape index (κ2) is 5.53. The fourth-order valence-electron chi connectivity index (χ4n) is 3.40. The highest BCUT2D eigenvalue weighted by atomic mass is 35.5. The third-order valence-corrected chi connectivity index (χ3v) is 5.00. The van der Waals surface area contributed by atoms with Gasteiger partial charge in [-0.25, -0.2) is 4.98 Å². The van der Waals surface area contributed by atoms with Gasteiger partial charge in [-0.1, -0.05) is 13.8 Å². The summed E-state index contributed by atoms with van der Waals surface area (Å²) < 4.78 is 7.65. The maximum Gasteiger partial charge on any atom is 0.125 e. The quantitative estimate of drug-likeness (QED) is 0.752. The van der Waals surface area contributed by atoms with Crippen molar-refractivity contribution in [2.45, 2.75) is 51.5 Å². The van der Waals surface area contributed by atoms with Gasteiger partial charge in [0.1, 0.15) is 11.6 Å². The Kier molecular flexibility index (Phi) is 3.87. The second-order valence-electron chi connectivity index (χ2n) is 6.78. The summed E-state index contributed by atoms with van der Waals surface area (Å²) >= 11 is 6.14. The monoisotopic (exact) mass is 306 g/mol. The molecule has 4 heteroatoms. The molecular weight excluding hydrogens is 284 g/mol. The minimum atomic E-state index is 0.455. The number of benzene rings is 1. The maximum absolute atomic E-state index is 6.14. The highest BCUT2D eigenvalue weighted by Gasteiger charge is 2.29. The first kappa shape index (κ1) is 14.7. The van der Waals surface area contributed by atoms with E-state index in [1.165, 1.54) is 31.2 Å².